The molecule has 0 radical (unpaired) electrons. The van der Waals surface area contributed by atoms with Gasteiger partial charge in [-0.3, -0.25) is 9.59 Å². The highest BCUT2D eigenvalue weighted by Crippen LogP contribution is 2.70. The molecule has 0 aliphatic heterocycles. The Morgan fingerprint density at radius 1 is 1.22 bits per heavy atom. The number of carbonyl (C=O) groups is 3. The SMILES string of the molecule is CC(=O)C(=O)OC1=C[C@@]2(C)C(=C(F)C1)CC[C@H]1[C@@H]3C[C@@H](C)[C@H](C(=O)O)[C@@]3(C)C[C@H](O)[C@@]12F. The van der Waals surface area contributed by atoms with Crippen molar-refractivity contribution in [1.82, 2.24) is 0 Å². The van der Waals surface area contributed by atoms with Crippen molar-refractivity contribution in [2.24, 2.45) is 34.5 Å². The molecule has 0 amide bonds. The molecule has 6 nitrogen and oxygen atoms in total. The van der Waals surface area contributed by atoms with Crippen LogP contribution in [0.2, 0.25) is 0 Å². The van der Waals surface area contributed by atoms with Gasteiger partial charge < -0.3 is 14.9 Å². The summed E-state index contributed by atoms with van der Waals surface area (Å²) in [6, 6.07) is 0. The summed E-state index contributed by atoms with van der Waals surface area (Å²) < 4.78 is 37.4. The summed E-state index contributed by atoms with van der Waals surface area (Å²) in [6.45, 7) is 6.22. The van der Waals surface area contributed by atoms with Crippen LogP contribution in [0.3, 0.4) is 0 Å². The Labute approximate surface area is 185 Å². The van der Waals surface area contributed by atoms with Gasteiger partial charge in [0.25, 0.3) is 0 Å². The molecule has 0 aromatic rings. The molecule has 32 heavy (non-hydrogen) atoms. The van der Waals surface area contributed by atoms with E-state index in [1.54, 1.807) is 0 Å². The molecule has 4 rings (SSSR count). The highest BCUT2D eigenvalue weighted by atomic mass is 19.1. The lowest BCUT2D eigenvalue weighted by Crippen LogP contribution is -2.67. The van der Waals surface area contributed by atoms with Crippen molar-refractivity contribution in [3.63, 3.8) is 0 Å². The van der Waals surface area contributed by atoms with Gasteiger partial charge in [-0.1, -0.05) is 13.8 Å². The van der Waals surface area contributed by atoms with Crippen LogP contribution in [0.4, 0.5) is 8.78 Å². The fraction of sp³-hybridized carbons (Fsp3) is 0.708. The molecule has 0 unspecified atom stereocenters. The average molecular weight is 452 g/mol. The van der Waals surface area contributed by atoms with E-state index in [0.29, 0.717) is 12.8 Å². The third-order valence-electron chi connectivity index (χ3n) is 8.91. The van der Waals surface area contributed by atoms with Crippen molar-refractivity contribution in [3.05, 3.63) is 23.2 Å². The molecule has 0 aromatic heterocycles. The van der Waals surface area contributed by atoms with Crippen LogP contribution < -0.4 is 0 Å². The molecule has 0 bridgehead atoms. The molecule has 3 saturated carbocycles. The fourth-order valence-corrected chi connectivity index (χ4v) is 7.66. The van der Waals surface area contributed by atoms with Gasteiger partial charge in [-0.05, 0) is 61.5 Å². The lowest BCUT2D eigenvalue weighted by atomic mass is 9.45. The quantitative estimate of drug-likeness (QED) is 0.498. The number of alkyl halides is 1. The predicted octanol–water partition coefficient (Wildman–Crippen LogP) is 3.88. The summed E-state index contributed by atoms with van der Waals surface area (Å²) in [4.78, 5) is 35.1. The van der Waals surface area contributed by atoms with Crippen molar-refractivity contribution in [3.8, 4) is 0 Å². The number of carbonyl (C=O) groups excluding carboxylic acids is 2. The number of fused-ring (bicyclic) bond motifs is 5. The first-order valence-electron chi connectivity index (χ1n) is 11.2. The Morgan fingerprint density at radius 2 is 1.88 bits per heavy atom. The largest absolute Gasteiger partial charge is 0.481 e. The second kappa shape index (κ2) is 7.20. The maximum absolute atomic E-state index is 17.2. The van der Waals surface area contributed by atoms with Gasteiger partial charge in [-0.25, -0.2) is 13.6 Å². The number of aliphatic hydroxyl groups excluding tert-OH is 1. The lowest BCUT2D eigenvalue weighted by molar-refractivity contribution is -0.199. The Morgan fingerprint density at radius 3 is 2.47 bits per heavy atom. The van der Waals surface area contributed by atoms with Crippen molar-refractivity contribution < 1.29 is 38.1 Å². The molecule has 2 N–H and O–H groups in total. The summed E-state index contributed by atoms with van der Waals surface area (Å²) in [7, 11) is 0. The Bertz CT molecular complexity index is 956. The highest BCUT2D eigenvalue weighted by molar-refractivity contribution is 6.32. The number of ketones is 1. The maximum atomic E-state index is 17.2. The molecule has 8 atom stereocenters. The molecule has 0 aromatic carbocycles. The summed E-state index contributed by atoms with van der Waals surface area (Å²) in [5, 5.41) is 21.1. The number of Topliss-reactive ketones (excluding diaryl/α,β-unsaturated/α-hetero) is 1. The number of carboxylic acid groups (broad SMARTS) is 1. The normalized spacial score (nSPS) is 45.3. The Balaban J connectivity index is 1.80. The second-order valence-electron chi connectivity index (χ2n) is 10.6. The minimum Gasteiger partial charge on any atom is -0.481 e. The zero-order chi connectivity index (χ0) is 23.8. The fourth-order valence-electron chi connectivity index (χ4n) is 7.66. The summed E-state index contributed by atoms with van der Waals surface area (Å²) in [5.74, 6) is -5.52. The van der Waals surface area contributed by atoms with Crippen LogP contribution in [0.15, 0.2) is 23.2 Å². The van der Waals surface area contributed by atoms with Gasteiger partial charge in [-0.15, -0.1) is 0 Å². The number of hydrogen-bond acceptors (Lipinski definition) is 5. The van der Waals surface area contributed by atoms with Gasteiger partial charge in [0, 0.05) is 18.3 Å². The molecule has 0 spiro atoms. The standard InChI is InChI=1S/C24H30F2O6/c1-11-7-16-14-5-6-15-17(25)8-13(32-21(31)12(2)27)9-23(15,4)24(14,26)18(28)10-22(16,3)19(11)20(29)30/h9,11,14,16,18-19,28H,5-8,10H2,1-4H3,(H,29,30)/t11-,14+,16+,18+,19-,22+,23+,24+/m1/s1. The van der Waals surface area contributed by atoms with Crippen LogP contribution in [-0.4, -0.2) is 39.7 Å². The first-order chi connectivity index (χ1) is 14.8. The molecule has 8 heteroatoms. The molecule has 176 valence electrons. The van der Waals surface area contributed by atoms with Crippen molar-refractivity contribution in [2.45, 2.75) is 71.6 Å². The van der Waals surface area contributed by atoms with E-state index >= 15 is 8.78 Å². The van der Waals surface area contributed by atoms with Gasteiger partial charge in [0.05, 0.1) is 18.4 Å². The first-order valence-corrected chi connectivity index (χ1v) is 11.2. The number of allylic oxidation sites excluding steroid dienone is 3. The first kappa shape index (κ1) is 23.1. The van der Waals surface area contributed by atoms with Gasteiger partial charge in [0.15, 0.2) is 5.67 Å². The number of aliphatic hydroxyl groups is 1. The third kappa shape index (κ3) is 2.87. The van der Waals surface area contributed by atoms with E-state index in [-0.39, 0.29) is 42.4 Å². The third-order valence-corrected chi connectivity index (χ3v) is 8.91. The predicted molar refractivity (Wildman–Crippen MR) is 109 cm³/mol. The minimum atomic E-state index is -2.26. The van der Waals surface area contributed by atoms with Crippen LogP contribution in [0.1, 0.15) is 59.8 Å². The van der Waals surface area contributed by atoms with Crippen molar-refractivity contribution in [1.29, 1.82) is 0 Å². The molecule has 4 aliphatic rings. The highest BCUT2D eigenvalue weighted by Gasteiger charge is 2.72. The van der Waals surface area contributed by atoms with E-state index in [9.17, 15) is 24.6 Å². The number of aliphatic carboxylic acids is 1. The molecular formula is C24H30F2O6. The van der Waals surface area contributed by atoms with Gasteiger partial charge in [0.1, 0.15) is 11.6 Å². The van der Waals surface area contributed by atoms with Crippen molar-refractivity contribution in [2.75, 3.05) is 0 Å². The lowest BCUT2D eigenvalue weighted by Gasteiger charge is -2.61. The number of rotatable bonds is 3. The minimum absolute atomic E-state index is 0.0487. The van der Waals surface area contributed by atoms with Crippen LogP contribution in [-0.2, 0) is 19.1 Å². The van der Waals surface area contributed by atoms with Crippen LogP contribution >= 0.6 is 0 Å². The Kier molecular flexibility index (Phi) is 5.20. The van der Waals surface area contributed by atoms with Gasteiger partial charge >= 0.3 is 11.9 Å². The molecule has 3 fully saturated rings. The maximum Gasteiger partial charge on any atom is 0.379 e. The smallest absolute Gasteiger partial charge is 0.379 e. The molecule has 4 aliphatic carbocycles. The number of esters is 1. The zero-order valence-electron chi connectivity index (χ0n) is 18.8. The molecular weight excluding hydrogens is 422 g/mol. The van der Waals surface area contributed by atoms with Crippen LogP contribution in [0.5, 0.6) is 0 Å². The van der Waals surface area contributed by atoms with E-state index in [1.165, 1.54) is 13.0 Å². The number of carboxylic acids is 1. The summed E-state index contributed by atoms with van der Waals surface area (Å²) in [6.07, 6.45) is 0.540. The molecule has 0 heterocycles. The van der Waals surface area contributed by atoms with E-state index in [2.05, 4.69) is 0 Å². The number of halogens is 2. The van der Waals surface area contributed by atoms with Gasteiger partial charge in [-0.2, -0.15) is 0 Å². The number of ether oxygens (including phenoxy) is 1. The summed E-state index contributed by atoms with van der Waals surface area (Å²) >= 11 is 0. The van der Waals surface area contributed by atoms with Gasteiger partial charge in [0.2, 0.25) is 5.78 Å². The topological polar surface area (TPSA) is 101 Å². The number of hydrogen-bond donors (Lipinski definition) is 2. The van der Waals surface area contributed by atoms with Crippen LogP contribution in [0, 0.1) is 34.5 Å². The Hall–Kier alpha value is -2.09. The summed E-state index contributed by atoms with van der Waals surface area (Å²) in [5.41, 5.74) is -4.37. The average Bonchev–Trinajstić information content (AvgIpc) is 2.92. The zero-order valence-corrected chi connectivity index (χ0v) is 18.8. The van der Waals surface area contributed by atoms with E-state index in [1.807, 2.05) is 13.8 Å². The monoisotopic (exact) mass is 452 g/mol. The van der Waals surface area contributed by atoms with E-state index < -0.39 is 58.0 Å². The van der Waals surface area contributed by atoms with E-state index in [4.69, 9.17) is 4.74 Å². The second-order valence-corrected chi connectivity index (χ2v) is 10.6. The molecule has 0 saturated heterocycles. The van der Waals surface area contributed by atoms with Crippen LogP contribution in [0.25, 0.3) is 0 Å². The van der Waals surface area contributed by atoms with Crippen molar-refractivity contribution >= 4 is 17.7 Å². The van der Waals surface area contributed by atoms with E-state index in [0.717, 1.165) is 6.92 Å².